The van der Waals surface area contributed by atoms with E-state index in [0.717, 1.165) is 6.07 Å². The van der Waals surface area contributed by atoms with Gasteiger partial charge in [0.25, 0.3) is 0 Å². The van der Waals surface area contributed by atoms with Crippen molar-refractivity contribution in [2.75, 3.05) is 5.32 Å². The Bertz CT molecular complexity index is 1160. The molecule has 2 aromatic heterocycles. The molecule has 0 aliphatic heterocycles. The van der Waals surface area contributed by atoms with Crippen LogP contribution in [0.2, 0.25) is 0 Å². The number of nitrogens with one attached hydrogen (secondary N) is 2. The van der Waals surface area contributed by atoms with Gasteiger partial charge in [-0.3, -0.25) is 0 Å². The predicted octanol–water partition coefficient (Wildman–Crippen LogP) is 4.47. The van der Waals surface area contributed by atoms with E-state index in [0.29, 0.717) is 24.7 Å². The number of alkyl halides is 3. The summed E-state index contributed by atoms with van der Waals surface area (Å²) in [6.45, 7) is 1.21. The number of aliphatic hydroxyl groups excluding tert-OH is 1. The minimum atomic E-state index is -4.99. The van der Waals surface area contributed by atoms with Gasteiger partial charge in [-0.25, -0.2) is 23.5 Å². The molecule has 4 rings (SSSR count). The highest BCUT2D eigenvalue weighted by atomic mass is 19.4. The smallest absolute Gasteiger partial charge is 0.416 e. The van der Waals surface area contributed by atoms with Crippen LogP contribution in [0.25, 0.3) is 11.0 Å². The van der Waals surface area contributed by atoms with Crippen molar-refractivity contribution in [2.24, 2.45) is 0 Å². The third kappa shape index (κ3) is 4.22. The fourth-order valence-corrected chi connectivity index (χ4v) is 3.54. The van der Waals surface area contributed by atoms with Gasteiger partial charge in [0.15, 0.2) is 17.4 Å². The lowest BCUT2D eigenvalue weighted by Gasteiger charge is -2.29. The maximum Gasteiger partial charge on any atom is 0.416 e. The van der Waals surface area contributed by atoms with Crippen LogP contribution in [0.5, 0.6) is 0 Å². The average Bonchev–Trinajstić information content (AvgIpc) is 3.00. The summed E-state index contributed by atoms with van der Waals surface area (Å²) < 4.78 is 73.6. The van der Waals surface area contributed by atoms with Crippen LogP contribution in [-0.2, 0) is 0 Å². The van der Waals surface area contributed by atoms with E-state index in [-0.39, 0.29) is 22.6 Å². The van der Waals surface area contributed by atoms with Gasteiger partial charge in [-0.1, -0.05) is 0 Å². The van der Waals surface area contributed by atoms with Gasteiger partial charge in [-0.05, 0) is 25.8 Å². The largest absolute Gasteiger partial charge is 0.455 e. The number of carbonyl (C=O) groups is 1. The zero-order chi connectivity index (χ0) is 23.2. The molecule has 7 nitrogen and oxygen atoms in total. The van der Waals surface area contributed by atoms with Gasteiger partial charge in [-0.2, -0.15) is 13.2 Å². The summed E-state index contributed by atoms with van der Waals surface area (Å²) >= 11 is 0. The van der Waals surface area contributed by atoms with Crippen LogP contribution in [0.15, 0.2) is 28.9 Å². The lowest BCUT2D eigenvalue weighted by molar-refractivity contribution is -0.158. The van der Waals surface area contributed by atoms with Gasteiger partial charge in [0.05, 0.1) is 24.2 Å². The Morgan fingerprint density at radius 3 is 2.47 bits per heavy atom. The molecule has 0 saturated heterocycles. The summed E-state index contributed by atoms with van der Waals surface area (Å²) in [5, 5.41) is 13.1. The Hall–Kier alpha value is -3.28. The molecule has 2 heterocycles. The van der Waals surface area contributed by atoms with E-state index >= 15 is 0 Å². The van der Waals surface area contributed by atoms with E-state index in [1.807, 2.05) is 0 Å². The number of anilines is 1. The molecular weight excluding hydrogens is 439 g/mol. The van der Waals surface area contributed by atoms with E-state index in [1.54, 1.807) is 5.32 Å². The number of urea groups is 1. The summed E-state index contributed by atoms with van der Waals surface area (Å²) in [7, 11) is 0. The minimum absolute atomic E-state index is 0.0104. The monoisotopic (exact) mass is 456 g/mol. The molecule has 170 valence electrons. The second-order valence-electron chi connectivity index (χ2n) is 7.58. The first-order valence-corrected chi connectivity index (χ1v) is 9.55. The number of nitrogens with zero attached hydrogens (tertiary/aromatic N) is 2. The maximum absolute atomic E-state index is 13.9. The SMILES string of the molecule is Cc1c(C(NC(=O)Nc2cnc([C@H]3C[C@@H](O)C3)nc2)C(F)(F)F)oc2c(F)cc(F)cc12. The maximum atomic E-state index is 13.9. The summed E-state index contributed by atoms with van der Waals surface area (Å²) in [4.78, 5) is 20.3. The molecular formula is C20H17F5N4O3. The van der Waals surface area contributed by atoms with Crippen molar-refractivity contribution in [3.05, 3.63) is 53.3 Å². The highest BCUT2D eigenvalue weighted by Gasteiger charge is 2.45. The summed E-state index contributed by atoms with van der Waals surface area (Å²) in [6, 6.07) is -2.50. The number of carbonyl (C=O) groups excluding carboxylic acids is 1. The molecule has 0 spiro atoms. The highest BCUT2D eigenvalue weighted by molar-refractivity contribution is 5.89. The number of fused-ring (bicyclic) bond motifs is 1. The summed E-state index contributed by atoms with van der Waals surface area (Å²) in [5.74, 6) is -2.44. The summed E-state index contributed by atoms with van der Waals surface area (Å²) in [6.07, 6.45) is -1.89. The number of aromatic nitrogens is 2. The Labute approximate surface area is 177 Å². The lowest BCUT2D eigenvalue weighted by Crippen LogP contribution is -2.40. The zero-order valence-corrected chi connectivity index (χ0v) is 16.5. The topological polar surface area (TPSA) is 100 Å². The van der Waals surface area contributed by atoms with Crippen molar-refractivity contribution in [1.82, 2.24) is 15.3 Å². The Balaban J connectivity index is 1.53. The highest BCUT2D eigenvalue weighted by Crippen LogP contribution is 2.39. The van der Waals surface area contributed by atoms with Crippen molar-refractivity contribution in [2.45, 2.75) is 44.0 Å². The number of rotatable bonds is 4. The molecule has 1 unspecified atom stereocenters. The van der Waals surface area contributed by atoms with Gasteiger partial charge in [-0.15, -0.1) is 0 Å². The van der Waals surface area contributed by atoms with Crippen LogP contribution < -0.4 is 10.6 Å². The van der Waals surface area contributed by atoms with Crippen LogP contribution in [0.1, 0.15) is 41.9 Å². The Kier molecular flexibility index (Phi) is 5.49. The zero-order valence-electron chi connectivity index (χ0n) is 16.5. The van der Waals surface area contributed by atoms with Crippen molar-refractivity contribution in [3.63, 3.8) is 0 Å². The van der Waals surface area contributed by atoms with Gasteiger partial charge < -0.3 is 20.2 Å². The normalized spacial score (nSPS) is 19.5. The van der Waals surface area contributed by atoms with E-state index in [9.17, 15) is 31.9 Å². The molecule has 3 aromatic rings. The van der Waals surface area contributed by atoms with E-state index in [2.05, 4.69) is 15.3 Å². The number of benzene rings is 1. The third-order valence-electron chi connectivity index (χ3n) is 5.27. The fraction of sp³-hybridized carbons (Fsp3) is 0.350. The number of halogens is 5. The molecule has 1 aromatic carbocycles. The van der Waals surface area contributed by atoms with E-state index < -0.39 is 47.3 Å². The standard InChI is InChI=1S/C20H17F5N4O3/c1-8-13-4-10(21)5-14(22)16(13)32-15(8)17(20(23,24)25)29-19(31)28-11-6-26-18(27-7-11)9-2-12(30)3-9/h4-7,9,12,17,30H,2-3H2,1H3,(H2,28,29,31)/t9-,12+,17?. The lowest BCUT2D eigenvalue weighted by atomic mass is 9.82. The van der Waals surface area contributed by atoms with Crippen LogP contribution in [0.4, 0.5) is 32.4 Å². The van der Waals surface area contributed by atoms with Crippen LogP contribution in [-0.4, -0.2) is 33.4 Å². The van der Waals surface area contributed by atoms with Gasteiger partial charge in [0.1, 0.15) is 17.4 Å². The number of hydrogen-bond donors (Lipinski definition) is 3. The second-order valence-corrected chi connectivity index (χ2v) is 7.58. The van der Waals surface area contributed by atoms with E-state index in [1.165, 1.54) is 19.3 Å². The number of furan rings is 1. The molecule has 2 amide bonds. The van der Waals surface area contributed by atoms with Gasteiger partial charge >= 0.3 is 12.2 Å². The number of aryl methyl sites for hydroxylation is 1. The molecule has 0 bridgehead atoms. The average molecular weight is 456 g/mol. The molecule has 1 aliphatic carbocycles. The molecule has 1 saturated carbocycles. The molecule has 1 atom stereocenters. The molecule has 12 heteroatoms. The minimum Gasteiger partial charge on any atom is -0.455 e. The Morgan fingerprint density at radius 2 is 1.88 bits per heavy atom. The third-order valence-corrected chi connectivity index (χ3v) is 5.27. The van der Waals surface area contributed by atoms with Crippen LogP contribution in [0.3, 0.4) is 0 Å². The molecule has 1 aliphatic rings. The van der Waals surface area contributed by atoms with Crippen molar-refractivity contribution in [3.8, 4) is 0 Å². The van der Waals surface area contributed by atoms with Crippen LogP contribution in [0, 0.1) is 18.6 Å². The second kappa shape index (κ2) is 8.01. The fourth-order valence-electron chi connectivity index (χ4n) is 3.54. The first kappa shape index (κ1) is 21.9. The van der Waals surface area contributed by atoms with Gasteiger partial charge in [0, 0.05) is 22.9 Å². The summed E-state index contributed by atoms with van der Waals surface area (Å²) in [5.41, 5.74) is -0.654. The first-order chi connectivity index (χ1) is 15.0. The first-order valence-electron chi connectivity index (χ1n) is 9.55. The Morgan fingerprint density at radius 1 is 1.22 bits per heavy atom. The van der Waals surface area contributed by atoms with Crippen molar-refractivity contribution >= 4 is 22.7 Å². The predicted molar refractivity (Wildman–Crippen MR) is 102 cm³/mol. The van der Waals surface area contributed by atoms with Crippen LogP contribution >= 0.6 is 0 Å². The van der Waals surface area contributed by atoms with E-state index in [4.69, 9.17) is 4.42 Å². The quantitative estimate of drug-likeness (QED) is 0.503. The number of aliphatic hydroxyl groups is 1. The molecule has 3 N–H and O–H groups in total. The van der Waals surface area contributed by atoms with Crippen molar-refractivity contribution in [1.29, 1.82) is 0 Å². The molecule has 1 fully saturated rings. The van der Waals surface area contributed by atoms with Gasteiger partial charge in [0.2, 0.25) is 0 Å². The molecule has 32 heavy (non-hydrogen) atoms. The number of hydrogen-bond acceptors (Lipinski definition) is 5. The van der Waals surface area contributed by atoms with Crippen molar-refractivity contribution < 1.29 is 36.3 Å². The number of amides is 2. The molecule has 0 radical (unpaired) electrons.